The lowest BCUT2D eigenvalue weighted by Gasteiger charge is -2.22. The summed E-state index contributed by atoms with van der Waals surface area (Å²) in [5, 5.41) is 4.68. The maximum atomic E-state index is 4.30. The van der Waals surface area contributed by atoms with Crippen LogP contribution in [-0.2, 0) is 0 Å². The molecule has 0 aromatic carbocycles. The van der Waals surface area contributed by atoms with Crippen LogP contribution >= 0.6 is 11.8 Å². The maximum Gasteiger partial charge on any atom is 0.0960 e. The Morgan fingerprint density at radius 3 is 3.14 bits per heavy atom. The lowest BCUT2D eigenvalue weighted by molar-refractivity contribution is 0.430. The van der Waals surface area contributed by atoms with Crippen molar-refractivity contribution in [3.63, 3.8) is 0 Å². The zero-order chi connectivity index (χ0) is 9.64. The number of nitrogens with one attached hydrogen (secondary N) is 1. The average Bonchev–Trinajstić information content (AvgIpc) is 2.29. The highest BCUT2D eigenvalue weighted by Crippen LogP contribution is 2.18. The fraction of sp³-hybridized carbons (Fsp3) is 0.545. The van der Waals surface area contributed by atoms with Crippen molar-refractivity contribution in [2.75, 3.05) is 12.3 Å². The molecular formula is C11H16N2S. The summed E-state index contributed by atoms with van der Waals surface area (Å²) in [6, 6.07) is 6.77. The fourth-order valence-electron chi connectivity index (χ4n) is 1.68. The molecule has 1 unspecified atom stereocenters. The predicted molar refractivity (Wildman–Crippen MR) is 60.6 cm³/mol. The second-order valence-corrected chi connectivity index (χ2v) is 4.67. The normalized spacial score (nSPS) is 22.1. The minimum absolute atomic E-state index is 0.691. The van der Waals surface area contributed by atoms with Crippen LogP contribution in [0.25, 0.3) is 0 Å². The lowest BCUT2D eigenvalue weighted by Crippen LogP contribution is -2.35. The first-order valence-electron chi connectivity index (χ1n) is 5.22. The summed E-state index contributed by atoms with van der Waals surface area (Å²) in [6.45, 7) is 1.19. The molecular weight excluding hydrogens is 192 g/mol. The van der Waals surface area contributed by atoms with Crippen LogP contribution in [0, 0.1) is 0 Å². The Kier molecular flexibility index (Phi) is 3.83. The molecule has 1 fully saturated rings. The molecule has 1 aromatic heterocycles. The van der Waals surface area contributed by atoms with Gasteiger partial charge in [0.25, 0.3) is 0 Å². The lowest BCUT2D eigenvalue weighted by atomic mass is 10.1. The Morgan fingerprint density at radius 2 is 2.43 bits per heavy atom. The first kappa shape index (κ1) is 9.99. The molecule has 0 radical (unpaired) electrons. The molecule has 0 aliphatic carbocycles. The van der Waals surface area contributed by atoms with E-state index in [0.717, 1.165) is 10.8 Å². The van der Waals surface area contributed by atoms with Crippen LogP contribution in [-0.4, -0.2) is 23.3 Å². The Hall–Kier alpha value is -0.540. The third-order valence-corrected chi connectivity index (χ3v) is 3.59. The van der Waals surface area contributed by atoms with Crippen molar-refractivity contribution in [3.05, 3.63) is 24.4 Å². The van der Waals surface area contributed by atoms with Crippen molar-refractivity contribution in [1.82, 2.24) is 10.3 Å². The average molecular weight is 208 g/mol. The van der Waals surface area contributed by atoms with Crippen LogP contribution in [0.1, 0.15) is 19.3 Å². The van der Waals surface area contributed by atoms with Crippen molar-refractivity contribution >= 4 is 11.8 Å². The fourth-order valence-corrected chi connectivity index (χ4v) is 2.65. The summed E-state index contributed by atoms with van der Waals surface area (Å²) in [6.07, 6.45) is 5.89. The van der Waals surface area contributed by atoms with Gasteiger partial charge in [-0.1, -0.05) is 12.5 Å². The van der Waals surface area contributed by atoms with E-state index in [9.17, 15) is 0 Å². The van der Waals surface area contributed by atoms with Crippen LogP contribution < -0.4 is 5.32 Å². The number of hydrogen-bond donors (Lipinski definition) is 1. The second kappa shape index (κ2) is 5.37. The number of thioether (sulfide) groups is 1. The molecule has 0 amide bonds. The van der Waals surface area contributed by atoms with Crippen LogP contribution in [0.2, 0.25) is 0 Å². The molecule has 2 rings (SSSR count). The minimum atomic E-state index is 0.691. The van der Waals surface area contributed by atoms with Gasteiger partial charge in [-0.15, -0.1) is 11.8 Å². The molecule has 2 nitrogen and oxygen atoms in total. The van der Waals surface area contributed by atoms with Crippen molar-refractivity contribution in [2.24, 2.45) is 0 Å². The largest absolute Gasteiger partial charge is 0.313 e. The van der Waals surface area contributed by atoms with E-state index in [-0.39, 0.29) is 0 Å². The first-order chi connectivity index (χ1) is 6.95. The molecule has 0 spiro atoms. The summed E-state index contributed by atoms with van der Waals surface area (Å²) in [4.78, 5) is 4.30. The standard InChI is InChI=1S/C11H16N2S/c1-3-7-12-10(5-1)9-14-11-6-2-4-8-13-11/h2,4,6,8,10,12H,1,3,5,7,9H2. The van der Waals surface area contributed by atoms with Gasteiger partial charge in [-0.2, -0.15) is 0 Å². The van der Waals surface area contributed by atoms with E-state index in [0.29, 0.717) is 6.04 Å². The number of hydrogen-bond acceptors (Lipinski definition) is 3. The summed E-state index contributed by atoms with van der Waals surface area (Å²) >= 11 is 1.85. The molecule has 1 aromatic rings. The highest BCUT2D eigenvalue weighted by Gasteiger charge is 2.12. The van der Waals surface area contributed by atoms with Crippen LogP contribution in [0.3, 0.4) is 0 Å². The quantitative estimate of drug-likeness (QED) is 0.772. The van der Waals surface area contributed by atoms with E-state index in [1.807, 2.05) is 30.1 Å². The van der Waals surface area contributed by atoms with Gasteiger partial charge in [0.05, 0.1) is 5.03 Å². The van der Waals surface area contributed by atoms with Gasteiger partial charge >= 0.3 is 0 Å². The van der Waals surface area contributed by atoms with Gasteiger partial charge < -0.3 is 5.32 Å². The maximum absolute atomic E-state index is 4.30. The van der Waals surface area contributed by atoms with Gasteiger partial charge in [0.15, 0.2) is 0 Å². The van der Waals surface area contributed by atoms with Crippen molar-refractivity contribution in [2.45, 2.75) is 30.3 Å². The summed E-state index contributed by atoms with van der Waals surface area (Å²) in [5.41, 5.74) is 0. The van der Waals surface area contributed by atoms with Crippen LogP contribution in [0.4, 0.5) is 0 Å². The van der Waals surface area contributed by atoms with E-state index >= 15 is 0 Å². The van der Waals surface area contributed by atoms with E-state index in [1.165, 1.54) is 25.8 Å². The molecule has 14 heavy (non-hydrogen) atoms. The van der Waals surface area contributed by atoms with Gasteiger partial charge in [-0.05, 0) is 31.5 Å². The number of piperidine rings is 1. The third-order valence-electron chi connectivity index (χ3n) is 2.48. The van der Waals surface area contributed by atoms with E-state index in [2.05, 4.69) is 16.4 Å². The Balaban J connectivity index is 1.76. The summed E-state index contributed by atoms with van der Waals surface area (Å²) in [5.74, 6) is 1.15. The van der Waals surface area contributed by atoms with Gasteiger partial charge in [-0.3, -0.25) is 0 Å². The van der Waals surface area contributed by atoms with Crippen LogP contribution in [0.15, 0.2) is 29.4 Å². The molecule has 0 bridgehead atoms. The molecule has 0 saturated carbocycles. The zero-order valence-electron chi connectivity index (χ0n) is 8.28. The molecule has 1 N–H and O–H groups in total. The number of rotatable bonds is 3. The monoisotopic (exact) mass is 208 g/mol. The SMILES string of the molecule is c1ccc(SCC2CCCCN2)nc1. The van der Waals surface area contributed by atoms with Crippen molar-refractivity contribution in [1.29, 1.82) is 0 Å². The highest BCUT2D eigenvalue weighted by molar-refractivity contribution is 7.99. The molecule has 3 heteroatoms. The van der Waals surface area contributed by atoms with E-state index in [1.54, 1.807) is 0 Å². The Labute approximate surface area is 89.5 Å². The van der Waals surface area contributed by atoms with Gasteiger partial charge in [0.2, 0.25) is 0 Å². The summed E-state index contributed by atoms with van der Waals surface area (Å²) < 4.78 is 0. The molecule has 1 aliphatic rings. The third kappa shape index (κ3) is 3.00. The van der Waals surface area contributed by atoms with Gasteiger partial charge in [0.1, 0.15) is 0 Å². The van der Waals surface area contributed by atoms with Crippen molar-refractivity contribution in [3.8, 4) is 0 Å². The van der Waals surface area contributed by atoms with Crippen LogP contribution in [0.5, 0.6) is 0 Å². The van der Waals surface area contributed by atoms with E-state index < -0.39 is 0 Å². The zero-order valence-corrected chi connectivity index (χ0v) is 9.09. The molecule has 1 atom stereocenters. The minimum Gasteiger partial charge on any atom is -0.313 e. The Bertz CT molecular complexity index is 257. The number of pyridine rings is 1. The van der Waals surface area contributed by atoms with Gasteiger partial charge in [0, 0.05) is 18.0 Å². The number of aromatic nitrogens is 1. The van der Waals surface area contributed by atoms with Crippen molar-refractivity contribution < 1.29 is 0 Å². The second-order valence-electron chi connectivity index (χ2n) is 3.63. The number of nitrogens with zero attached hydrogens (tertiary/aromatic N) is 1. The predicted octanol–water partition coefficient (Wildman–Crippen LogP) is 2.32. The molecule has 1 aliphatic heterocycles. The molecule has 76 valence electrons. The topological polar surface area (TPSA) is 24.9 Å². The smallest absolute Gasteiger partial charge is 0.0960 e. The molecule has 1 saturated heterocycles. The summed E-state index contributed by atoms with van der Waals surface area (Å²) in [7, 11) is 0. The van der Waals surface area contributed by atoms with Gasteiger partial charge in [-0.25, -0.2) is 4.98 Å². The highest BCUT2D eigenvalue weighted by atomic mass is 32.2. The molecule has 2 heterocycles. The van der Waals surface area contributed by atoms with E-state index in [4.69, 9.17) is 0 Å². The Morgan fingerprint density at radius 1 is 1.43 bits per heavy atom. The first-order valence-corrected chi connectivity index (χ1v) is 6.21.